The second-order valence-electron chi connectivity index (χ2n) is 2.80. The van der Waals surface area contributed by atoms with E-state index in [2.05, 4.69) is 33.8 Å². The summed E-state index contributed by atoms with van der Waals surface area (Å²) in [6.07, 6.45) is 3.36. The minimum atomic E-state index is 0. The fraction of sp³-hybridized carbons (Fsp3) is 0.455. The van der Waals surface area contributed by atoms with Crippen molar-refractivity contribution in [3.05, 3.63) is 37.6 Å². The van der Waals surface area contributed by atoms with E-state index in [1.165, 1.54) is 16.7 Å². The first-order valence-corrected chi connectivity index (χ1v) is 3.40. The van der Waals surface area contributed by atoms with E-state index in [1.807, 2.05) is 0 Å². The number of hydrogen-bond acceptors (Lipinski definition) is 0. The van der Waals surface area contributed by atoms with Crippen molar-refractivity contribution >= 4 is 0 Å². The van der Waals surface area contributed by atoms with Gasteiger partial charge in [-0.1, -0.05) is 26.7 Å². The van der Waals surface area contributed by atoms with Gasteiger partial charge < -0.3 is 14.9 Å². The number of hydrogen-bond donors (Lipinski definition) is 0. The van der Waals surface area contributed by atoms with Crippen LogP contribution in [0, 0.1) is 26.8 Å². The molecule has 0 heterocycles. The second kappa shape index (κ2) is 6.68. The summed E-state index contributed by atoms with van der Waals surface area (Å²) in [5.74, 6) is 0.560. The van der Waals surface area contributed by atoms with Gasteiger partial charge in [0.25, 0.3) is 0 Å². The van der Waals surface area contributed by atoms with E-state index in [9.17, 15) is 0 Å². The van der Waals surface area contributed by atoms with Crippen molar-refractivity contribution in [2.24, 2.45) is 5.92 Å². The number of allylic oxidation sites excluding steroid dienone is 4. The molecule has 1 rings (SSSR count). The molecule has 0 aromatic rings. The zero-order chi connectivity index (χ0) is 7.02. The molecule has 0 N–H and O–H groups in total. The first-order valence-electron chi connectivity index (χ1n) is 3.40. The Bertz CT molecular complexity index is 187. The van der Waals surface area contributed by atoms with Crippen LogP contribution in [0.2, 0.25) is 0 Å². The summed E-state index contributed by atoms with van der Waals surface area (Å²) in [5, 5.41) is 0. The average molecular weight is 199 g/mol. The predicted octanol–water partition coefficient (Wildman–Crippen LogP) is 3.62. The zero-order valence-corrected chi connectivity index (χ0v) is 10.6. The van der Waals surface area contributed by atoms with E-state index < -0.39 is 0 Å². The Morgan fingerprint density at radius 1 is 1.08 bits per heavy atom. The standard InChI is InChI=1S/C9H13.2CH3.Ti/c1-6-5-7(2)9(4)8(6)3;;;/h6H,1-4H3;2*1H3;/q3*-1;+3. The SMILES string of the molecule is CC1=[C-]C(C)C(C)=C1C.[CH3-].[CH3-].[Ti+3]. The molecule has 0 saturated carbocycles. The van der Waals surface area contributed by atoms with Crippen LogP contribution in [-0.4, -0.2) is 0 Å². The maximum Gasteiger partial charge on any atom is 3.00 e. The van der Waals surface area contributed by atoms with Crippen molar-refractivity contribution in [3.8, 4) is 0 Å². The molecule has 67 valence electrons. The van der Waals surface area contributed by atoms with Crippen LogP contribution < -0.4 is 0 Å². The van der Waals surface area contributed by atoms with Crippen LogP contribution in [0.3, 0.4) is 0 Å². The minimum Gasteiger partial charge on any atom is -0.358 e. The zero-order valence-electron chi connectivity index (χ0n) is 9.08. The molecule has 0 aliphatic heterocycles. The first kappa shape index (κ1) is 18.1. The first-order chi connectivity index (χ1) is 4.13. The van der Waals surface area contributed by atoms with Gasteiger partial charge in [0.2, 0.25) is 0 Å². The molecule has 1 atom stereocenters. The van der Waals surface area contributed by atoms with E-state index in [-0.39, 0.29) is 36.6 Å². The molecule has 0 saturated heterocycles. The van der Waals surface area contributed by atoms with Gasteiger partial charge in [-0.3, -0.25) is 6.08 Å². The van der Waals surface area contributed by atoms with Crippen LogP contribution in [0.4, 0.5) is 0 Å². The van der Waals surface area contributed by atoms with Gasteiger partial charge in [0.15, 0.2) is 0 Å². The van der Waals surface area contributed by atoms with Crippen molar-refractivity contribution in [2.75, 3.05) is 0 Å². The third kappa shape index (κ3) is 3.29. The van der Waals surface area contributed by atoms with Crippen LogP contribution >= 0.6 is 0 Å². The van der Waals surface area contributed by atoms with Crippen LogP contribution in [0.1, 0.15) is 27.7 Å². The Labute approximate surface area is 93.0 Å². The van der Waals surface area contributed by atoms with E-state index >= 15 is 0 Å². The molecule has 0 aromatic heterocycles. The summed E-state index contributed by atoms with van der Waals surface area (Å²) in [6, 6.07) is 0. The largest absolute Gasteiger partial charge is 3.00 e. The van der Waals surface area contributed by atoms with Crippen LogP contribution in [-0.2, 0) is 21.7 Å². The van der Waals surface area contributed by atoms with Crippen molar-refractivity contribution in [2.45, 2.75) is 27.7 Å². The van der Waals surface area contributed by atoms with Gasteiger partial charge in [-0.05, 0) is 0 Å². The fourth-order valence-corrected chi connectivity index (χ4v) is 1.16. The quantitative estimate of drug-likeness (QED) is 0.413. The number of rotatable bonds is 0. The third-order valence-corrected chi connectivity index (χ3v) is 2.24. The van der Waals surface area contributed by atoms with E-state index in [4.69, 9.17) is 0 Å². The molecule has 0 fully saturated rings. The van der Waals surface area contributed by atoms with Gasteiger partial charge in [0.05, 0.1) is 0 Å². The summed E-state index contributed by atoms with van der Waals surface area (Å²) in [7, 11) is 0. The van der Waals surface area contributed by atoms with Gasteiger partial charge in [0, 0.05) is 0 Å². The molecule has 0 spiro atoms. The molecule has 1 unspecified atom stereocenters. The third-order valence-electron chi connectivity index (χ3n) is 2.24. The molecule has 0 nitrogen and oxygen atoms in total. The molecule has 0 amide bonds. The van der Waals surface area contributed by atoms with Gasteiger partial charge in [-0.25, -0.2) is 5.57 Å². The molecular formula is C11H19Ti. The maximum absolute atomic E-state index is 3.36. The Balaban J connectivity index is -0.000000270. The molecule has 12 heavy (non-hydrogen) atoms. The second-order valence-corrected chi connectivity index (χ2v) is 2.80. The van der Waals surface area contributed by atoms with Crippen LogP contribution in [0.15, 0.2) is 16.7 Å². The predicted molar refractivity (Wildman–Crippen MR) is 52.8 cm³/mol. The normalized spacial score (nSPS) is 20.3. The Morgan fingerprint density at radius 3 is 1.58 bits per heavy atom. The summed E-state index contributed by atoms with van der Waals surface area (Å²) in [4.78, 5) is 0. The summed E-state index contributed by atoms with van der Waals surface area (Å²) >= 11 is 0. The van der Waals surface area contributed by atoms with Crippen LogP contribution in [0.5, 0.6) is 0 Å². The maximum atomic E-state index is 3.36. The smallest absolute Gasteiger partial charge is 0.358 e. The van der Waals surface area contributed by atoms with E-state index in [0.29, 0.717) is 5.92 Å². The van der Waals surface area contributed by atoms with Gasteiger partial charge in [-0.2, -0.15) is 11.1 Å². The Kier molecular flexibility index (Phi) is 10.1. The molecule has 0 aromatic carbocycles. The van der Waals surface area contributed by atoms with E-state index in [0.717, 1.165) is 0 Å². The molecule has 0 bridgehead atoms. The summed E-state index contributed by atoms with van der Waals surface area (Å²) < 4.78 is 0. The van der Waals surface area contributed by atoms with Crippen molar-refractivity contribution in [1.29, 1.82) is 0 Å². The van der Waals surface area contributed by atoms with Crippen molar-refractivity contribution in [1.82, 2.24) is 0 Å². The minimum absolute atomic E-state index is 0. The summed E-state index contributed by atoms with van der Waals surface area (Å²) in [6.45, 7) is 8.67. The van der Waals surface area contributed by atoms with Gasteiger partial charge in [0.1, 0.15) is 0 Å². The summed E-state index contributed by atoms with van der Waals surface area (Å²) in [5.41, 5.74) is 4.25. The molecule has 1 heteroatoms. The fourth-order valence-electron chi connectivity index (χ4n) is 1.16. The molecule has 1 aliphatic rings. The molecule has 1 radical (unpaired) electrons. The van der Waals surface area contributed by atoms with Crippen molar-refractivity contribution in [3.63, 3.8) is 0 Å². The van der Waals surface area contributed by atoms with Gasteiger partial charge >= 0.3 is 21.7 Å². The molecular weight excluding hydrogens is 180 g/mol. The monoisotopic (exact) mass is 199 g/mol. The van der Waals surface area contributed by atoms with Gasteiger partial charge in [-0.15, -0.1) is 6.92 Å². The molecule has 1 aliphatic carbocycles. The van der Waals surface area contributed by atoms with Crippen LogP contribution in [0.25, 0.3) is 0 Å². The average Bonchev–Trinajstić information content (AvgIpc) is 1.98. The topological polar surface area (TPSA) is 0 Å². The van der Waals surface area contributed by atoms with E-state index in [1.54, 1.807) is 0 Å². The Hall–Kier alpha value is 0.194. The Morgan fingerprint density at radius 2 is 1.50 bits per heavy atom. The van der Waals surface area contributed by atoms with Crippen molar-refractivity contribution < 1.29 is 21.7 Å².